The number of nitrogens with zero attached hydrogens (tertiary/aromatic N) is 3. The van der Waals surface area contributed by atoms with E-state index in [1.54, 1.807) is 11.3 Å². The van der Waals surface area contributed by atoms with Crippen LogP contribution < -0.4 is 11.1 Å². The molecule has 3 N–H and O–H groups in total. The lowest BCUT2D eigenvalue weighted by atomic mass is 10.1. The standard InChI is InChI=1S/C15H23N5S/c1-8-5-20(6-9(2)17-8)7-12-18-14(16)13-10(3)11(4)21-15(13)19-12/h8-9,17H,5-7H2,1-4H3,(H2,16,18,19). The summed E-state index contributed by atoms with van der Waals surface area (Å²) in [5, 5.41) is 4.57. The van der Waals surface area contributed by atoms with Crippen molar-refractivity contribution in [1.29, 1.82) is 0 Å². The number of anilines is 1. The first-order valence-electron chi connectivity index (χ1n) is 7.44. The molecule has 2 atom stereocenters. The van der Waals surface area contributed by atoms with E-state index >= 15 is 0 Å². The fraction of sp³-hybridized carbons (Fsp3) is 0.600. The molecule has 21 heavy (non-hydrogen) atoms. The summed E-state index contributed by atoms with van der Waals surface area (Å²) >= 11 is 1.71. The van der Waals surface area contributed by atoms with E-state index in [9.17, 15) is 0 Å². The first-order valence-corrected chi connectivity index (χ1v) is 8.26. The van der Waals surface area contributed by atoms with Crippen LogP contribution in [0.25, 0.3) is 10.2 Å². The van der Waals surface area contributed by atoms with E-state index in [2.05, 4.69) is 42.9 Å². The van der Waals surface area contributed by atoms with Gasteiger partial charge in [-0.25, -0.2) is 9.97 Å². The van der Waals surface area contributed by atoms with Crippen molar-refractivity contribution in [2.45, 2.75) is 46.3 Å². The molecule has 1 aliphatic heterocycles. The van der Waals surface area contributed by atoms with E-state index in [1.165, 1.54) is 10.4 Å². The lowest BCUT2D eigenvalue weighted by Gasteiger charge is -2.35. The van der Waals surface area contributed by atoms with Crippen molar-refractivity contribution in [2.75, 3.05) is 18.8 Å². The van der Waals surface area contributed by atoms with E-state index < -0.39 is 0 Å². The molecule has 2 aromatic rings. The molecule has 0 amide bonds. The maximum Gasteiger partial charge on any atom is 0.146 e. The fourth-order valence-corrected chi connectivity index (χ4v) is 4.22. The summed E-state index contributed by atoms with van der Waals surface area (Å²) in [5.74, 6) is 1.45. The van der Waals surface area contributed by atoms with Gasteiger partial charge in [0, 0.05) is 30.1 Å². The van der Waals surface area contributed by atoms with Crippen LogP contribution in [0.4, 0.5) is 5.82 Å². The van der Waals surface area contributed by atoms with Crippen molar-refractivity contribution >= 4 is 27.4 Å². The van der Waals surface area contributed by atoms with Gasteiger partial charge in [0.25, 0.3) is 0 Å². The monoisotopic (exact) mass is 305 g/mol. The second kappa shape index (κ2) is 5.51. The molecule has 5 nitrogen and oxygen atoms in total. The van der Waals surface area contributed by atoms with Gasteiger partial charge in [-0.05, 0) is 33.3 Å². The fourth-order valence-electron chi connectivity index (χ4n) is 3.17. The second-order valence-electron chi connectivity index (χ2n) is 6.15. The Morgan fingerprint density at radius 1 is 1.24 bits per heavy atom. The summed E-state index contributed by atoms with van der Waals surface area (Å²) in [6, 6.07) is 1.00. The zero-order valence-electron chi connectivity index (χ0n) is 13.1. The van der Waals surface area contributed by atoms with Crippen LogP contribution in [0, 0.1) is 13.8 Å². The SMILES string of the molecule is Cc1sc2nc(CN3CC(C)NC(C)C3)nc(N)c2c1C. The van der Waals surface area contributed by atoms with Crippen LogP contribution in [-0.4, -0.2) is 40.0 Å². The molecular formula is C15H23N5S. The van der Waals surface area contributed by atoms with Crippen molar-refractivity contribution in [1.82, 2.24) is 20.2 Å². The first-order chi connectivity index (χ1) is 9.94. The van der Waals surface area contributed by atoms with Gasteiger partial charge >= 0.3 is 0 Å². The molecule has 0 aromatic carbocycles. The lowest BCUT2D eigenvalue weighted by molar-refractivity contribution is 0.163. The molecule has 0 radical (unpaired) electrons. The van der Waals surface area contributed by atoms with Crippen LogP contribution in [0.1, 0.15) is 30.1 Å². The second-order valence-corrected chi connectivity index (χ2v) is 7.35. The number of hydrogen-bond acceptors (Lipinski definition) is 6. The molecule has 114 valence electrons. The number of nitrogen functional groups attached to an aromatic ring is 1. The number of aryl methyl sites for hydroxylation is 2. The highest BCUT2D eigenvalue weighted by molar-refractivity contribution is 7.18. The van der Waals surface area contributed by atoms with Crippen LogP contribution in [0.2, 0.25) is 0 Å². The molecule has 1 saturated heterocycles. The van der Waals surface area contributed by atoms with E-state index in [4.69, 9.17) is 10.7 Å². The number of thiophene rings is 1. The number of nitrogens with two attached hydrogens (primary N) is 1. The van der Waals surface area contributed by atoms with E-state index in [-0.39, 0.29) is 0 Å². The van der Waals surface area contributed by atoms with Gasteiger partial charge in [-0.2, -0.15) is 0 Å². The van der Waals surface area contributed by atoms with Crippen LogP contribution in [0.5, 0.6) is 0 Å². The van der Waals surface area contributed by atoms with E-state index in [0.717, 1.165) is 35.7 Å². The highest BCUT2D eigenvalue weighted by atomic mass is 32.1. The Labute approximate surface area is 129 Å². The predicted molar refractivity (Wildman–Crippen MR) is 88.6 cm³/mol. The molecule has 0 saturated carbocycles. The van der Waals surface area contributed by atoms with Crippen molar-refractivity contribution in [3.63, 3.8) is 0 Å². The Balaban J connectivity index is 1.87. The van der Waals surface area contributed by atoms with Crippen molar-refractivity contribution in [3.8, 4) is 0 Å². The van der Waals surface area contributed by atoms with Gasteiger partial charge in [0.2, 0.25) is 0 Å². The molecular weight excluding hydrogens is 282 g/mol. The average molecular weight is 305 g/mol. The zero-order chi connectivity index (χ0) is 15.1. The van der Waals surface area contributed by atoms with Gasteiger partial charge in [-0.15, -0.1) is 11.3 Å². The highest BCUT2D eigenvalue weighted by Gasteiger charge is 2.22. The van der Waals surface area contributed by atoms with Gasteiger partial charge in [0.15, 0.2) is 0 Å². The third-order valence-corrected chi connectivity index (χ3v) is 5.20. The zero-order valence-corrected chi connectivity index (χ0v) is 13.9. The molecule has 0 bridgehead atoms. The molecule has 0 aliphatic carbocycles. The van der Waals surface area contributed by atoms with E-state index in [1.807, 2.05) is 0 Å². The third-order valence-electron chi connectivity index (χ3n) is 4.10. The molecule has 6 heteroatoms. The number of piperazine rings is 1. The van der Waals surface area contributed by atoms with Crippen LogP contribution in [-0.2, 0) is 6.54 Å². The largest absolute Gasteiger partial charge is 0.383 e. The van der Waals surface area contributed by atoms with Crippen molar-refractivity contribution in [3.05, 3.63) is 16.3 Å². The Bertz CT molecular complexity index is 656. The molecule has 3 heterocycles. The number of nitrogens with one attached hydrogen (secondary N) is 1. The average Bonchev–Trinajstić information content (AvgIpc) is 2.63. The van der Waals surface area contributed by atoms with Gasteiger partial charge in [-0.3, -0.25) is 4.90 Å². The Morgan fingerprint density at radius 2 is 1.90 bits per heavy atom. The van der Waals surface area contributed by atoms with Crippen molar-refractivity contribution < 1.29 is 0 Å². The maximum atomic E-state index is 6.16. The first kappa shape index (κ1) is 14.7. The number of rotatable bonds is 2. The van der Waals surface area contributed by atoms with Crippen molar-refractivity contribution in [2.24, 2.45) is 0 Å². The molecule has 2 unspecified atom stereocenters. The topological polar surface area (TPSA) is 67.1 Å². The quantitative estimate of drug-likeness (QED) is 0.889. The molecule has 1 aliphatic rings. The van der Waals surface area contributed by atoms with Gasteiger partial charge in [-0.1, -0.05) is 0 Å². The van der Waals surface area contributed by atoms with Crippen LogP contribution in [0.15, 0.2) is 0 Å². The summed E-state index contributed by atoms with van der Waals surface area (Å²) in [7, 11) is 0. The minimum atomic E-state index is 0.501. The summed E-state index contributed by atoms with van der Waals surface area (Å²) in [5.41, 5.74) is 7.37. The van der Waals surface area contributed by atoms with Gasteiger partial charge in [0.05, 0.1) is 11.9 Å². The number of aromatic nitrogens is 2. The van der Waals surface area contributed by atoms with E-state index in [0.29, 0.717) is 17.9 Å². The Hall–Kier alpha value is -1.24. The molecule has 2 aromatic heterocycles. The summed E-state index contributed by atoms with van der Waals surface area (Å²) in [6.45, 7) is 11.4. The Kier molecular flexibility index (Phi) is 3.86. The summed E-state index contributed by atoms with van der Waals surface area (Å²) in [4.78, 5) is 13.9. The molecule has 1 fully saturated rings. The third kappa shape index (κ3) is 2.88. The van der Waals surface area contributed by atoms with Crippen LogP contribution >= 0.6 is 11.3 Å². The summed E-state index contributed by atoms with van der Waals surface area (Å²) in [6.07, 6.45) is 0. The Morgan fingerprint density at radius 3 is 2.57 bits per heavy atom. The smallest absolute Gasteiger partial charge is 0.146 e. The molecule has 3 rings (SSSR count). The van der Waals surface area contributed by atoms with Crippen LogP contribution in [0.3, 0.4) is 0 Å². The maximum absolute atomic E-state index is 6.16. The predicted octanol–water partition coefficient (Wildman–Crippen LogP) is 2.07. The highest BCUT2D eigenvalue weighted by Crippen LogP contribution is 2.32. The summed E-state index contributed by atoms with van der Waals surface area (Å²) < 4.78 is 0. The van der Waals surface area contributed by atoms with Gasteiger partial charge < -0.3 is 11.1 Å². The normalized spacial score (nSPS) is 23.8. The number of hydrogen-bond donors (Lipinski definition) is 2. The molecule has 0 spiro atoms. The van der Waals surface area contributed by atoms with Gasteiger partial charge in [0.1, 0.15) is 16.5 Å². The minimum Gasteiger partial charge on any atom is -0.383 e. The minimum absolute atomic E-state index is 0.501. The lowest BCUT2D eigenvalue weighted by Crippen LogP contribution is -2.53. The number of fused-ring (bicyclic) bond motifs is 1.